The van der Waals surface area contributed by atoms with Crippen molar-refractivity contribution in [3.05, 3.63) is 34.5 Å². The molecule has 0 saturated carbocycles. The van der Waals surface area contributed by atoms with Crippen LogP contribution in [0, 0.1) is 5.82 Å². The van der Waals surface area contributed by atoms with Gasteiger partial charge in [-0.3, -0.25) is 4.90 Å². The summed E-state index contributed by atoms with van der Waals surface area (Å²) in [5.74, 6) is -0.484. The minimum atomic E-state index is -0.609. The molecule has 2 aliphatic heterocycles. The Bertz CT molecular complexity index is 898. The highest BCUT2D eigenvalue weighted by molar-refractivity contribution is 5.90. The summed E-state index contributed by atoms with van der Waals surface area (Å²) >= 11 is 0. The topological polar surface area (TPSA) is 111 Å². The van der Waals surface area contributed by atoms with Crippen molar-refractivity contribution in [2.75, 3.05) is 43.0 Å². The van der Waals surface area contributed by atoms with Crippen LogP contribution in [0.3, 0.4) is 0 Å². The maximum atomic E-state index is 14.9. The molecule has 2 saturated heterocycles. The molecule has 2 atom stereocenters. The number of benzene rings is 1. The Hall–Kier alpha value is -3.20. The van der Waals surface area contributed by atoms with E-state index >= 15 is 0 Å². The number of carbonyl (C=O) groups is 2. The molecule has 11 heteroatoms. The number of likely N-dealkylation sites (tertiary alicyclic amines) is 1. The summed E-state index contributed by atoms with van der Waals surface area (Å²) < 4.78 is 25.5. The van der Waals surface area contributed by atoms with Gasteiger partial charge in [-0.25, -0.2) is 14.0 Å². The van der Waals surface area contributed by atoms with Crippen molar-refractivity contribution in [2.45, 2.75) is 44.9 Å². The Morgan fingerprint density at radius 1 is 1.42 bits per heavy atom. The van der Waals surface area contributed by atoms with E-state index in [1.54, 1.807) is 29.0 Å². The third-order valence-corrected chi connectivity index (χ3v) is 5.21. The average molecular weight is 434 g/mol. The zero-order chi connectivity index (χ0) is 22.8. The number of hydrogen-bond acceptors (Lipinski definition) is 6. The lowest BCUT2D eigenvalue weighted by molar-refractivity contribution is 0.0292. The molecule has 0 radical (unpaired) electrons. The molecule has 3 rings (SSSR count). The zero-order valence-electron chi connectivity index (χ0n) is 18.1. The van der Waals surface area contributed by atoms with Crippen LogP contribution in [0.15, 0.2) is 23.3 Å². The second-order valence-corrected chi connectivity index (χ2v) is 8.65. The van der Waals surface area contributed by atoms with Crippen LogP contribution in [0.5, 0.6) is 0 Å². The standard InChI is InChI=1S/C20H27FN6O4/c1-20(2,3)31-18(28)26-8-7-14(11-26)25(4)17-6-5-13(9-16(17)21)27-12-15(10-23-24-22)30-19(27)29/h5-6,9,14-15H,7-8,10-12H2,1-4H3/t14-,15+/m1/s1. The highest BCUT2D eigenvalue weighted by Crippen LogP contribution is 2.30. The van der Waals surface area contributed by atoms with E-state index in [0.717, 1.165) is 0 Å². The second-order valence-electron chi connectivity index (χ2n) is 8.65. The number of likely N-dealkylation sites (N-methyl/N-ethyl adjacent to an activating group) is 1. The summed E-state index contributed by atoms with van der Waals surface area (Å²) in [6.45, 7) is 6.63. The first-order valence-corrected chi connectivity index (χ1v) is 10.1. The van der Waals surface area contributed by atoms with Gasteiger partial charge >= 0.3 is 12.2 Å². The third kappa shape index (κ3) is 5.29. The summed E-state index contributed by atoms with van der Waals surface area (Å²) in [5, 5.41) is 3.41. The van der Waals surface area contributed by atoms with E-state index in [1.807, 2.05) is 20.8 Å². The Kier molecular flexibility index (Phi) is 6.45. The van der Waals surface area contributed by atoms with E-state index in [0.29, 0.717) is 30.9 Å². The van der Waals surface area contributed by atoms with Crippen LogP contribution < -0.4 is 9.80 Å². The largest absolute Gasteiger partial charge is 0.444 e. The summed E-state index contributed by atoms with van der Waals surface area (Å²) in [6.07, 6.45) is -0.855. The fraction of sp³-hybridized carbons (Fsp3) is 0.600. The normalized spacial score (nSPS) is 21.0. The number of nitrogens with zero attached hydrogens (tertiary/aromatic N) is 6. The highest BCUT2D eigenvalue weighted by atomic mass is 19.1. The molecule has 0 aromatic heterocycles. The smallest absolute Gasteiger partial charge is 0.414 e. The van der Waals surface area contributed by atoms with E-state index < -0.39 is 23.6 Å². The fourth-order valence-electron chi connectivity index (χ4n) is 3.65. The van der Waals surface area contributed by atoms with Crippen LogP contribution in [-0.4, -0.2) is 68.1 Å². The van der Waals surface area contributed by atoms with Crippen LogP contribution >= 0.6 is 0 Å². The number of anilines is 2. The number of azide groups is 1. The molecule has 2 amide bonds. The van der Waals surface area contributed by atoms with Gasteiger partial charge in [0.05, 0.1) is 24.5 Å². The average Bonchev–Trinajstić information content (AvgIpc) is 3.31. The fourth-order valence-corrected chi connectivity index (χ4v) is 3.65. The molecule has 2 aliphatic rings. The molecule has 2 fully saturated rings. The van der Waals surface area contributed by atoms with Crippen molar-refractivity contribution < 1.29 is 23.5 Å². The lowest BCUT2D eigenvalue weighted by Crippen LogP contribution is -2.39. The minimum Gasteiger partial charge on any atom is -0.444 e. The van der Waals surface area contributed by atoms with Crippen molar-refractivity contribution in [3.63, 3.8) is 0 Å². The van der Waals surface area contributed by atoms with Crippen LogP contribution in [0.25, 0.3) is 10.4 Å². The summed E-state index contributed by atoms with van der Waals surface area (Å²) in [5.41, 5.74) is 8.57. The number of hydrogen-bond donors (Lipinski definition) is 0. The highest BCUT2D eigenvalue weighted by Gasteiger charge is 2.34. The Labute approximate surface area is 180 Å². The number of cyclic esters (lactones) is 1. The lowest BCUT2D eigenvalue weighted by Gasteiger charge is -2.28. The van der Waals surface area contributed by atoms with Crippen molar-refractivity contribution in [1.82, 2.24) is 4.90 Å². The van der Waals surface area contributed by atoms with E-state index in [4.69, 9.17) is 15.0 Å². The predicted molar refractivity (Wildman–Crippen MR) is 113 cm³/mol. The first kappa shape index (κ1) is 22.5. The van der Waals surface area contributed by atoms with Gasteiger partial charge in [-0.2, -0.15) is 0 Å². The van der Waals surface area contributed by atoms with E-state index in [9.17, 15) is 14.0 Å². The Morgan fingerprint density at radius 3 is 2.81 bits per heavy atom. The van der Waals surface area contributed by atoms with Gasteiger partial charge in [-0.1, -0.05) is 5.11 Å². The van der Waals surface area contributed by atoms with Crippen LogP contribution in [0.1, 0.15) is 27.2 Å². The van der Waals surface area contributed by atoms with E-state index in [1.165, 1.54) is 11.0 Å². The quantitative estimate of drug-likeness (QED) is 0.396. The number of halogens is 1. The van der Waals surface area contributed by atoms with E-state index in [2.05, 4.69) is 10.0 Å². The SMILES string of the molecule is CN(c1ccc(N2C[C@H](CN=[N+]=[N-])OC2=O)cc1F)[C@@H]1CCN(C(=O)OC(C)(C)C)C1. The lowest BCUT2D eigenvalue weighted by atomic mass is 10.1. The van der Waals surface area contributed by atoms with Gasteiger partial charge in [-0.05, 0) is 50.9 Å². The first-order valence-electron chi connectivity index (χ1n) is 10.1. The van der Waals surface area contributed by atoms with Gasteiger partial charge in [0.25, 0.3) is 0 Å². The maximum absolute atomic E-state index is 14.9. The number of amides is 2. The Morgan fingerprint density at radius 2 is 2.16 bits per heavy atom. The van der Waals surface area contributed by atoms with Crippen molar-refractivity contribution in [3.8, 4) is 0 Å². The summed E-state index contributed by atoms with van der Waals surface area (Å²) in [7, 11) is 1.78. The van der Waals surface area contributed by atoms with E-state index in [-0.39, 0.29) is 25.2 Å². The molecule has 168 valence electrons. The number of carbonyl (C=O) groups excluding carboxylic acids is 2. The van der Waals surface area contributed by atoms with Crippen LogP contribution in [0.2, 0.25) is 0 Å². The molecule has 31 heavy (non-hydrogen) atoms. The van der Waals surface area contributed by atoms with Crippen molar-refractivity contribution >= 4 is 23.6 Å². The minimum absolute atomic E-state index is 0.0257. The van der Waals surface area contributed by atoms with Gasteiger partial charge < -0.3 is 19.3 Å². The molecular weight excluding hydrogens is 407 g/mol. The molecule has 0 unspecified atom stereocenters. The molecular formula is C20H27FN6O4. The molecule has 10 nitrogen and oxygen atoms in total. The van der Waals surface area contributed by atoms with Crippen molar-refractivity contribution in [1.29, 1.82) is 0 Å². The number of ether oxygens (including phenoxy) is 2. The third-order valence-electron chi connectivity index (χ3n) is 5.21. The van der Waals surface area contributed by atoms with Gasteiger partial charge in [-0.15, -0.1) is 0 Å². The first-order chi connectivity index (χ1) is 14.6. The molecule has 1 aromatic rings. The Balaban J connectivity index is 1.66. The van der Waals surface area contributed by atoms with Gasteiger partial charge in [0.1, 0.15) is 17.5 Å². The molecule has 1 aromatic carbocycles. The molecule has 0 N–H and O–H groups in total. The summed E-state index contributed by atoms with van der Waals surface area (Å²) in [6, 6.07) is 4.48. The molecule has 0 spiro atoms. The van der Waals surface area contributed by atoms with Gasteiger partial charge in [0.15, 0.2) is 0 Å². The molecule has 0 bridgehead atoms. The monoisotopic (exact) mass is 434 g/mol. The summed E-state index contributed by atoms with van der Waals surface area (Å²) in [4.78, 5) is 31.8. The molecule has 0 aliphatic carbocycles. The van der Waals surface area contributed by atoms with Crippen LogP contribution in [-0.2, 0) is 9.47 Å². The van der Waals surface area contributed by atoms with Gasteiger partial charge in [0.2, 0.25) is 0 Å². The second kappa shape index (κ2) is 8.89. The maximum Gasteiger partial charge on any atom is 0.414 e. The molecule has 2 heterocycles. The van der Waals surface area contributed by atoms with Crippen molar-refractivity contribution in [2.24, 2.45) is 5.11 Å². The zero-order valence-corrected chi connectivity index (χ0v) is 18.1. The predicted octanol–water partition coefficient (Wildman–Crippen LogP) is 3.91. The van der Waals surface area contributed by atoms with Gasteiger partial charge in [0, 0.05) is 31.1 Å². The number of rotatable bonds is 5. The van der Waals surface area contributed by atoms with Crippen LogP contribution in [0.4, 0.5) is 25.4 Å².